The van der Waals surface area contributed by atoms with E-state index in [1.54, 1.807) is 32.4 Å². The summed E-state index contributed by atoms with van der Waals surface area (Å²) in [5.41, 5.74) is 3.24. The Labute approximate surface area is 151 Å². The van der Waals surface area contributed by atoms with E-state index in [1.807, 2.05) is 37.3 Å². The number of ether oxygens (including phenoxy) is 2. The topological polar surface area (TPSA) is 73.6 Å². The number of benzene rings is 2. The third-order valence-electron chi connectivity index (χ3n) is 3.90. The van der Waals surface area contributed by atoms with E-state index in [9.17, 15) is 4.79 Å². The molecule has 0 bridgehead atoms. The van der Waals surface area contributed by atoms with Gasteiger partial charge >= 0.3 is 0 Å². The van der Waals surface area contributed by atoms with Crippen molar-refractivity contribution in [3.05, 3.63) is 59.8 Å². The van der Waals surface area contributed by atoms with Gasteiger partial charge in [0.15, 0.2) is 17.3 Å². The van der Waals surface area contributed by atoms with Crippen molar-refractivity contribution in [3.8, 4) is 22.8 Å². The summed E-state index contributed by atoms with van der Waals surface area (Å²) in [6, 6.07) is 14.8. The number of methoxy groups -OCH3 is 2. The summed E-state index contributed by atoms with van der Waals surface area (Å²) in [7, 11) is 3.15. The summed E-state index contributed by atoms with van der Waals surface area (Å²) in [4.78, 5) is 12.2. The Morgan fingerprint density at radius 1 is 1.04 bits per heavy atom. The quantitative estimate of drug-likeness (QED) is 0.729. The van der Waals surface area contributed by atoms with Crippen molar-refractivity contribution < 1.29 is 18.8 Å². The zero-order valence-electron chi connectivity index (χ0n) is 14.9. The molecule has 0 spiro atoms. The van der Waals surface area contributed by atoms with E-state index in [0.29, 0.717) is 23.0 Å². The first kappa shape index (κ1) is 17.5. The Morgan fingerprint density at radius 3 is 2.46 bits per heavy atom. The lowest BCUT2D eigenvalue weighted by molar-refractivity contribution is -0.115. The molecule has 1 aromatic heterocycles. The second kappa shape index (κ2) is 7.74. The Morgan fingerprint density at radius 2 is 1.77 bits per heavy atom. The van der Waals surface area contributed by atoms with Gasteiger partial charge in [0.25, 0.3) is 0 Å². The first-order valence-corrected chi connectivity index (χ1v) is 8.13. The lowest BCUT2D eigenvalue weighted by atomic mass is 10.1. The smallest absolute Gasteiger partial charge is 0.230 e. The molecule has 6 heteroatoms. The van der Waals surface area contributed by atoms with Crippen LogP contribution in [0.5, 0.6) is 11.5 Å². The van der Waals surface area contributed by atoms with E-state index >= 15 is 0 Å². The number of hydrogen-bond acceptors (Lipinski definition) is 5. The molecule has 0 saturated carbocycles. The predicted molar refractivity (Wildman–Crippen MR) is 98.6 cm³/mol. The molecule has 1 heterocycles. The minimum Gasteiger partial charge on any atom is -0.493 e. The van der Waals surface area contributed by atoms with Crippen LogP contribution < -0.4 is 14.8 Å². The van der Waals surface area contributed by atoms with E-state index in [0.717, 1.165) is 16.8 Å². The number of carbonyl (C=O) groups excluding carboxylic acids is 1. The van der Waals surface area contributed by atoms with Crippen LogP contribution in [0.4, 0.5) is 5.69 Å². The van der Waals surface area contributed by atoms with Crippen LogP contribution in [0.3, 0.4) is 0 Å². The molecule has 134 valence electrons. The number of nitrogens with one attached hydrogen (secondary N) is 1. The minimum absolute atomic E-state index is 0.130. The summed E-state index contributed by atoms with van der Waals surface area (Å²) in [6.45, 7) is 2.00. The molecule has 0 fully saturated rings. The molecular weight excluding hydrogens is 332 g/mol. The Hall–Kier alpha value is -3.28. The number of aryl methyl sites for hydroxylation is 1. The first-order valence-electron chi connectivity index (χ1n) is 8.13. The van der Waals surface area contributed by atoms with Crippen LogP contribution in [-0.2, 0) is 11.2 Å². The van der Waals surface area contributed by atoms with Crippen molar-refractivity contribution in [1.29, 1.82) is 0 Å². The predicted octanol–water partition coefficient (Wildman–Crippen LogP) is 3.85. The summed E-state index contributed by atoms with van der Waals surface area (Å²) < 4.78 is 15.9. The fourth-order valence-corrected chi connectivity index (χ4v) is 2.53. The Bertz CT molecular complexity index is 900. The van der Waals surface area contributed by atoms with Crippen molar-refractivity contribution in [2.75, 3.05) is 19.5 Å². The number of hydrogen-bond donors (Lipinski definition) is 1. The van der Waals surface area contributed by atoms with E-state index in [2.05, 4.69) is 10.5 Å². The minimum atomic E-state index is -0.152. The number of carbonyl (C=O) groups is 1. The number of amides is 1. The fraction of sp³-hybridized carbons (Fsp3) is 0.200. The number of nitrogens with zero attached hydrogens (tertiary/aromatic N) is 1. The van der Waals surface area contributed by atoms with Crippen LogP contribution in [0, 0.1) is 6.92 Å². The number of rotatable bonds is 6. The Kier molecular flexibility index (Phi) is 5.22. The van der Waals surface area contributed by atoms with Gasteiger partial charge in [-0.1, -0.05) is 22.9 Å². The highest BCUT2D eigenvalue weighted by molar-refractivity contribution is 5.92. The second-order valence-corrected chi connectivity index (χ2v) is 5.84. The molecule has 0 unspecified atom stereocenters. The molecule has 26 heavy (non-hydrogen) atoms. The molecule has 0 atom stereocenters. The highest BCUT2D eigenvalue weighted by atomic mass is 16.5. The highest BCUT2D eigenvalue weighted by Crippen LogP contribution is 2.32. The molecule has 0 aliphatic heterocycles. The summed E-state index contributed by atoms with van der Waals surface area (Å²) >= 11 is 0. The second-order valence-electron chi connectivity index (χ2n) is 5.84. The fourth-order valence-electron chi connectivity index (χ4n) is 2.53. The van der Waals surface area contributed by atoms with Crippen molar-refractivity contribution in [1.82, 2.24) is 5.16 Å². The monoisotopic (exact) mass is 352 g/mol. The largest absolute Gasteiger partial charge is 0.493 e. The average molecular weight is 352 g/mol. The maximum Gasteiger partial charge on any atom is 0.230 e. The molecule has 3 aromatic rings. The molecule has 1 amide bonds. The van der Waals surface area contributed by atoms with E-state index in [4.69, 9.17) is 14.0 Å². The van der Waals surface area contributed by atoms with Gasteiger partial charge in [0.2, 0.25) is 5.91 Å². The van der Waals surface area contributed by atoms with Crippen LogP contribution in [0.1, 0.15) is 11.3 Å². The zero-order valence-corrected chi connectivity index (χ0v) is 14.9. The third kappa shape index (κ3) is 4.03. The van der Waals surface area contributed by atoms with Crippen LogP contribution in [0.2, 0.25) is 0 Å². The number of anilines is 1. The summed E-state index contributed by atoms with van der Waals surface area (Å²) in [6.07, 6.45) is 0.130. The maximum absolute atomic E-state index is 12.2. The first-order chi connectivity index (χ1) is 12.6. The van der Waals surface area contributed by atoms with Gasteiger partial charge in [0.05, 0.1) is 26.3 Å². The highest BCUT2D eigenvalue weighted by Gasteiger charge is 2.13. The van der Waals surface area contributed by atoms with Gasteiger partial charge in [-0.05, 0) is 37.3 Å². The molecule has 0 aliphatic rings. The molecule has 1 N–H and O–H groups in total. The van der Waals surface area contributed by atoms with Gasteiger partial charge in [0.1, 0.15) is 0 Å². The molecule has 6 nitrogen and oxygen atoms in total. The van der Waals surface area contributed by atoms with Crippen molar-refractivity contribution in [2.24, 2.45) is 0 Å². The van der Waals surface area contributed by atoms with Gasteiger partial charge in [-0.3, -0.25) is 4.79 Å². The zero-order chi connectivity index (χ0) is 18.5. The van der Waals surface area contributed by atoms with Crippen molar-refractivity contribution >= 4 is 11.6 Å². The van der Waals surface area contributed by atoms with Gasteiger partial charge in [0, 0.05) is 17.3 Å². The van der Waals surface area contributed by atoms with Gasteiger partial charge in [-0.2, -0.15) is 0 Å². The normalized spacial score (nSPS) is 10.4. The van der Waals surface area contributed by atoms with Gasteiger partial charge in [-0.15, -0.1) is 0 Å². The molecule has 0 radical (unpaired) electrons. The Balaban J connectivity index is 1.69. The molecular formula is C20H20N2O4. The standard InChI is InChI=1S/C20H20N2O4/c1-13-4-7-15(8-5-13)21-20(23)12-16-11-18(26-22-16)14-6-9-17(24-2)19(10-14)25-3/h4-11H,12H2,1-3H3,(H,21,23). The van der Waals surface area contributed by atoms with E-state index in [1.165, 1.54) is 0 Å². The van der Waals surface area contributed by atoms with E-state index < -0.39 is 0 Å². The molecule has 3 rings (SSSR count). The third-order valence-corrected chi connectivity index (χ3v) is 3.90. The lowest BCUT2D eigenvalue weighted by Crippen LogP contribution is -2.14. The summed E-state index contributed by atoms with van der Waals surface area (Å²) in [5.74, 6) is 1.64. The average Bonchev–Trinajstić information content (AvgIpc) is 3.11. The molecule has 0 saturated heterocycles. The van der Waals surface area contributed by atoms with Crippen molar-refractivity contribution in [2.45, 2.75) is 13.3 Å². The van der Waals surface area contributed by atoms with Crippen LogP contribution in [0.25, 0.3) is 11.3 Å². The van der Waals surface area contributed by atoms with E-state index in [-0.39, 0.29) is 12.3 Å². The van der Waals surface area contributed by atoms with Crippen LogP contribution in [0.15, 0.2) is 53.1 Å². The van der Waals surface area contributed by atoms with Gasteiger partial charge < -0.3 is 19.3 Å². The SMILES string of the molecule is COc1ccc(-c2cc(CC(=O)Nc3ccc(C)cc3)no2)cc1OC. The lowest BCUT2D eigenvalue weighted by Gasteiger charge is -2.07. The number of aromatic nitrogens is 1. The van der Waals surface area contributed by atoms with Gasteiger partial charge in [-0.25, -0.2) is 0 Å². The molecule has 0 aliphatic carbocycles. The maximum atomic E-state index is 12.2. The van der Waals surface area contributed by atoms with Crippen molar-refractivity contribution in [3.63, 3.8) is 0 Å². The van der Waals surface area contributed by atoms with Crippen LogP contribution >= 0.6 is 0 Å². The summed E-state index contributed by atoms with van der Waals surface area (Å²) in [5, 5.41) is 6.82. The van der Waals surface area contributed by atoms with Crippen LogP contribution in [-0.4, -0.2) is 25.3 Å². The molecule has 2 aromatic carbocycles.